The van der Waals surface area contributed by atoms with Crippen molar-refractivity contribution in [2.24, 2.45) is 10.9 Å². The monoisotopic (exact) mass is 363 g/mol. The van der Waals surface area contributed by atoms with Gasteiger partial charge in [-0.2, -0.15) is 0 Å². The number of aliphatic imine (C=N–C) groups is 1. The molecule has 6 heteroatoms. The summed E-state index contributed by atoms with van der Waals surface area (Å²) in [6.07, 6.45) is 4.76. The van der Waals surface area contributed by atoms with Crippen LogP contribution in [0.25, 0.3) is 0 Å². The zero-order valence-corrected chi connectivity index (χ0v) is 15.8. The third kappa shape index (κ3) is 5.59. The Kier molecular flexibility index (Phi) is 6.72. The van der Waals surface area contributed by atoms with Gasteiger partial charge in [0.25, 0.3) is 0 Å². The molecule has 0 amide bonds. The molecule has 0 aromatic heterocycles. The highest BCUT2D eigenvalue weighted by Gasteiger charge is 2.22. The second-order valence-corrected chi connectivity index (χ2v) is 7.16. The first kappa shape index (κ1) is 19.0. The van der Waals surface area contributed by atoms with E-state index in [9.17, 15) is 4.39 Å². The van der Waals surface area contributed by atoms with Crippen LogP contribution in [-0.4, -0.2) is 38.4 Å². The molecule has 1 saturated heterocycles. The first-order chi connectivity index (χ1) is 12.7. The topological polar surface area (TPSA) is 54.9 Å². The minimum absolute atomic E-state index is 0.0655. The van der Waals surface area contributed by atoms with Crippen molar-refractivity contribution in [1.82, 2.24) is 10.6 Å². The highest BCUT2D eigenvalue weighted by molar-refractivity contribution is 5.80. The summed E-state index contributed by atoms with van der Waals surface area (Å²) in [7, 11) is 0. The van der Waals surface area contributed by atoms with Gasteiger partial charge in [-0.05, 0) is 63.1 Å². The van der Waals surface area contributed by atoms with Crippen LogP contribution in [0.2, 0.25) is 0 Å². The summed E-state index contributed by atoms with van der Waals surface area (Å²) in [6, 6.07) is 5.11. The molecule has 2 unspecified atom stereocenters. The summed E-state index contributed by atoms with van der Waals surface area (Å²) in [5.74, 6) is 1.37. The standard InChI is InChI=1S/C20H30FN3O2/c1-3-22-20(23-12-17-5-4-10-25-17)24-14(2)16-8-9-19(18(21)11-16)26-13-15-6-7-15/h8-9,11,14-15,17H,3-7,10,12-13H2,1-2H3,(H2,22,23,24). The SMILES string of the molecule is CCNC(=NCC1CCCO1)NC(C)c1ccc(OCC2CC2)c(F)c1. The number of ether oxygens (including phenoxy) is 2. The molecule has 1 heterocycles. The van der Waals surface area contributed by atoms with Crippen LogP contribution in [0.5, 0.6) is 5.75 Å². The zero-order valence-electron chi connectivity index (χ0n) is 15.8. The summed E-state index contributed by atoms with van der Waals surface area (Å²) < 4.78 is 25.5. The number of halogens is 1. The highest BCUT2D eigenvalue weighted by atomic mass is 19.1. The normalized spacial score (nSPS) is 21.5. The summed E-state index contributed by atoms with van der Waals surface area (Å²) in [6.45, 7) is 6.88. The van der Waals surface area contributed by atoms with E-state index in [-0.39, 0.29) is 18.0 Å². The van der Waals surface area contributed by atoms with Gasteiger partial charge in [-0.3, -0.25) is 4.99 Å². The lowest BCUT2D eigenvalue weighted by Gasteiger charge is -2.19. The number of rotatable bonds is 8. The van der Waals surface area contributed by atoms with Crippen molar-refractivity contribution in [3.05, 3.63) is 29.6 Å². The molecule has 0 radical (unpaired) electrons. The van der Waals surface area contributed by atoms with Gasteiger partial charge < -0.3 is 20.1 Å². The first-order valence-electron chi connectivity index (χ1n) is 9.74. The van der Waals surface area contributed by atoms with E-state index in [0.29, 0.717) is 24.8 Å². The van der Waals surface area contributed by atoms with Gasteiger partial charge in [-0.25, -0.2) is 4.39 Å². The lowest BCUT2D eigenvalue weighted by molar-refractivity contribution is 0.117. The average Bonchev–Trinajstić information content (AvgIpc) is 3.31. The lowest BCUT2D eigenvalue weighted by Crippen LogP contribution is -2.39. The Morgan fingerprint density at radius 3 is 2.88 bits per heavy atom. The summed E-state index contributed by atoms with van der Waals surface area (Å²) in [4.78, 5) is 4.61. The number of nitrogens with one attached hydrogen (secondary N) is 2. The lowest BCUT2D eigenvalue weighted by atomic mass is 10.1. The van der Waals surface area contributed by atoms with E-state index >= 15 is 0 Å². The maximum atomic E-state index is 14.3. The van der Waals surface area contributed by atoms with E-state index in [2.05, 4.69) is 15.6 Å². The van der Waals surface area contributed by atoms with Crippen molar-refractivity contribution in [3.63, 3.8) is 0 Å². The molecule has 1 aliphatic heterocycles. The maximum absolute atomic E-state index is 14.3. The molecule has 2 aliphatic rings. The van der Waals surface area contributed by atoms with Gasteiger partial charge in [-0.15, -0.1) is 0 Å². The quantitative estimate of drug-likeness (QED) is 0.549. The van der Waals surface area contributed by atoms with Crippen molar-refractivity contribution >= 4 is 5.96 Å². The fraction of sp³-hybridized carbons (Fsp3) is 0.650. The molecule has 1 aromatic carbocycles. The molecular weight excluding hydrogens is 333 g/mol. The third-order valence-corrected chi connectivity index (χ3v) is 4.80. The van der Waals surface area contributed by atoms with Gasteiger partial charge in [0.15, 0.2) is 17.5 Å². The second-order valence-electron chi connectivity index (χ2n) is 7.16. The van der Waals surface area contributed by atoms with Crippen molar-refractivity contribution in [3.8, 4) is 5.75 Å². The van der Waals surface area contributed by atoms with Crippen LogP contribution in [0.1, 0.15) is 51.1 Å². The minimum Gasteiger partial charge on any atom is -0.490 e. The maximum Gasteiger partial charge on any atom is 0.191 e. The van der Waals surface area contributed by atoms with Crippen LogP contribution in [0.3, 0.4) is 0 Å². The van der Waals surface area contributed by atoms with Crippen LogP contribution in [0.15, 0.2) is 23.2 Å². The van der Waals surface area contributed by atoms with Crippen LogP contribution in [0.4, 0.5) is 4.39 Å². The number of nitrogens with zero attached hydrogens (tertiary/aromatic N) is 1. The van der Waals surface area contributed by atoms with E-state index in [1.165, 1.54) is 12.8 Å². The van der Waals surface area contributed by atoms with Gasteiger partial charge in [-0.1, -0.05) is 6.07 Å². The molecule has 26 heavy (non-hydrogen) atoms. The second kappa shape index (κ2) is 9.21. The van der Waals surface area contributed by atoms with E-state index in [1.807, 2.05) is 19.9 Å². The Morgan fingerprint density at radius 2 is 2.23 bits per heavy atom. The fourth-order valence-corrected chi connectivity index (χ4v) is 2.99. The van der Waals surface area contributed by atoms with Crippen molar-refractivity contribution in [1.29, 1.82) is 0 Å². The van der Waals surface area contributed by atoms with Crippen LogP contribution >= 0.6 is 0 Å². The minimum atomic E-state index is -0.307. The van der Waals surface area contributed by atoms with E-state index in [1.54, 1.807) is 12.1 Å². The summed E-state index contributed by atoms with van der Waals surface area (Å²) >= 11 is 0. The molecule has 1 aliphatic carbocycles. The third-order valence-electron chi connectivity index (χ3n) is 4.80. The van der Waals surface area contributed by atoms with Crippen LogP contribution < -0.4 is 15.4 Å². The fourth-order valence-electron chi connectivity index (χ4n) is 2.99. The smallest absolute Gasteiger partial charge is 0.191 e. The Hall–Kier alpha value is -1.82. The molecule has 2 N–H and O–H groups in total. The van der Waals surface area contributed by atoms with Crippen molar-refractivity contribution in [2.45, 2.75) is 51.7 Å². The zero-order chi connectivity index (χ0) is 18.4. The van der Waals surface area contributed by atoms with Gasteiger partial charge in [0.1, 0.15) is 0 Å². The molecule has 3 rings (SSSR count). The summed E-state index contributed by atoms with van der Waals surface area (Å²) in [5, 5.41) is 6.58. The molecule has 0 spiro atoms. The Balaban J connectivity index is 1.57. The van der Waals surface area contributed by atoms with Crippen LogP contribution in [-0.2, 0) is 4.74 Å². The van der Waals surface area contributed by atoms with Gasteiger partial charge in [0, 0.05) is 13.2 Å². The van der Waals surface area contributed by atoms with Gasteiger partial charge in [0.05, 0.1) is 25.3 Å². The largest absolute Gasteiger partial charge is 0.490 e. The number of hydrogen-bond acceptors (Lipinski definition) is 3. The van der Waals surface area contributed by atoms with Gasteiger partial charge >= 0.3 is 0 Å². The van der Waals surface area contributed by atoms with E-state index in [4.69, 9.17) is 9.47 Å². The predicted octanol–water partition coefficient (Wildman–Crippen LogP) is 3.41. The molecule has 5 nitrogen and oxygen atoms in total. The number of hydrogen-bond donors (Lipinski definition) is 2. The van der Waals surface area contributed by atoms with Crippen LogP contribution in [0, 0.1) is 11.7 Å². The molecule has 2 fully saturated rings. The number of guanidine groups is 1. The molecule has 144 valence electrons. The van der Waals surface area contributed by atoms with E-state index < -0.39 is 0 Å². The molecule has 1 aromatic rings. The Bertz CT molecular complexity index is 613. The van der Waals surface area contributed by atoms with Gasteiger partial charge in [0.2, 0.25) is 0 Å². The Labute approximate surface area is 155 Å². The Morgan fingerprint density at radius 1 is 1.38 bits per heavy atom. The molecule has 1 saturated carbocycles. The molecular formula is C20H30FN3O2. The number of benzene rings is 1. The first-order valence-corrected chi connectivity index (χ1v) is 9.74. The predicted molar refractivity (Wildman–Crippen MR) is 101 cm³/mol. The van der Waals surface area contributed by atoms with Crippen molar-refractivity contribution in [2.75, 3.05) is 26.3 Å². The molecule has 2 atom stereocenters. The van der Waals surface area contributed by atoms with E-state index in [0.717, 1.165) is 37.5 Å². The summed E-state index contributed by atoms with van der Waals surface area (Å²) in [5.41, 5.74) is 0.865. The van der Waals surface area contributed by atoms with Crippen molar-refractivity contribution < 1.29 is 13.9 Å². The average molecular weight is 363 g/mol. The molecule has 0 bridgehead atoms. The highest BCUT2D eigenvalue weighted by Crippen LogP contribution is 2.30.